The Labute approximate surface area is 99.1 Å². The van der Waals surface area contributed by atoms with Crippen LogP contribution in [0.4, 0.5) is 9.59 Å². The van der Waals surface area contributed by atoms with Crippen molar-refractivity contribution in [2.75, 3.05) is 25.1 Å². The van der Waals surface area contributed by atoms with E-state index in [-0.39, 0.29) is 13.3 Å². The SMILES string of the molecule is C.CNCC(CSC(N)=O)CSC(N)=O. The first-order chi connectivity index (χ1) is 6.56. The third kappa shape index (κ3) is 11.5. The summed E-state index contributed by atoms with van der Waals surface area (Å²) in [5.74, 6) is 1.43. The predicted octanol–water partition coefficient (Wildman–Crippen LogP) is 1.08. The highest BCUT2D eigenvalue weighted by molar-refractivity contribution is 8.14. The molecule has 0 atom stereocenters. The van der Waals surface area contributed by atoms with Crippen LogP contribution in [-0.2, 0) is 0 Å². The second-order valence-electron chi connectivity index (χ2n) is 2.68. The lowest BCUT2D eigenvalue weighted by Crippen LogP contribution is -2.25. The molecule has 0 fully saturated rings. The molecule has 0 aromatic heterocycles. The van der Waals surface area contributed by atoms with Gasteiger partial charge in [0.25, 0.3) is 10.5 Å². The van der Waals surface area contributed by atoms with Crippen molar-refractivity contribution in [1.82, 2.24) is 5.32 Å². The molecule has 90 valence electrons. The van der Waals surface area contributed by atoms with Gasteiger partial charge in [0.15, 0.2) is 0 Å². The molecule has 7 heteroatoms. The first kappa shape index (κ1) is 17.0. The first-order valence-electron chi connectivity index (χ1n) is 4.05. The van der Waals surface area contributed by atoms with Crippen molar-refractivity contribution in [1.29, 1.82) is 0 Å². The van der Waals surface area contributed by atoms with E-state index in [1.165, 1.54) is 0 Å². The number of hydrogen-bond donors (Lipinski definition) is 3. The maximum Gasteiger partial charge on any atom is 0.276 e. The van der Waals surface area contributed by atoms with Crippen LogP contribution in [0, 0.1) is 5.92 Å². The van der Waals surface area contributed by atoms with Gasteiger partial charge in [0.05, 0.1) is 0 Å². The van der Waals surface area contributed by atoms with E-state index < -0.39 is 10.5 Å². The Bertz CT molecular complexity index is 184. The van der Waals surface area contributed by atoms with Crippen molar-refractivity contribution >= 4 is 34.0 Å². The minimum absolute atomic E-state index is 0. The largest absolute Gasteiger partial charge is 0.361 e. The second kappa shape index (κ2) is 10.1. The summed E-state index contributed by atoms with van der Waals surface area (Å²) in [6.07, 6.45) is 0. The van der Waals surface area contributed by atoms with Crippen molar-refractivity contribution in [3.05, 3.63) is 0 Å². The Morgan fingerprint density at radius 2 is 1.60 bits per heavy atom. The number of nitrogens with two attached hydrogens (primary N) is 2. The molecule has 0 rings (SSSR count). The van der Waals surface area contributed by atoms with Crippen LogP contribution in [0.15, 0.2) is 0 Å². The van der Waals surface area contributed by atoms with Crippen LogP contribution < -0.4 is 16.8 Å². The zero-order valence-corrected chi connectivity index (χ0v) is 9.62. The molecule has 0 aliphatic heterocycles. The molecule has 5 nitrogen and oxygen atoms in total. The van der Waals surface area contributed by atoms with E-state index in [9.17, 15) is 9.59 Å². The zero-order valence-electron chi connectivity index (χ0n) is 7.99. The highest BCUT2D eigenvalue weighted by Gasteiger charge is 2.11. The van der Waals surface area contributed by atoms with Gasteiger partial charge in [-0.2, -0.15) is 0 Å². The molecule has 0 unspecified atom stereocenters. The van der Waals surface area contributed by atoms with Gasteiger partial charge in [0.1, 0.15) is 0 Å². The number of primary amides is 2. The molecule has 0 aromatic carbocycles. The molecule has 5 N–H and O–H groups in total. The zero-order chi connectivity index (χ0) is 11.0. The van der Waals surface area contributed by atoms with Gasteiger partial charge in [0, 0.05) is 11.5 Å². The number of nitrogens with one attached hydrogen (secondary N) is 1. The summed E-state index contributed by atoms with van der Waals surface area (Å²) in [6, 6.07) is 0. The fourth-order valence-electron chi connectivity index (χ4n) is 0.855. The number of thioether (sulfide) groups is 2. The van der Waals surface area contributed by atoms with Gasteiger partial charge in [-0.25, -0.2) is 0 Å². The van der Waals surface area contributed by atoms with E-state index in [0.717, 1.165) is 30.1 Å². The second-order valence-corrected chi connectivity index (χ2v) is 4.73. The minimum Gasteiger partial charge on any atom is -0.361 e. The van der Waals surface area contributed by atoms with Gasteiger partial charge in [-0.05, 0) is 19.5 Å². The van der Waals surface area contributed by atoms with Gasteiger partial charge < -0.3 is 16.8 Å². The fraction of sp³-hybridized carbons (Fsp3) is 0.750. The van der Waals surface area contributed by atoms with Crippen molar-refractivity contribution in [2.24, 2.45) is 17.4 Å². The normalized spacial score (nSPS) is 9.73. The number of rotatable bonds is 6. The minimum atomic E-state index is -0.393. The Kier molecular flexibility index (Phi) is 11.5. The van der Waals surface area contributed by atoms with Crippen LogP contribution in [0.5, 0.6) is 0 Å². The first-order valence-corrected chi connectivity index (χ1v) is 6.02. The Morgan fingerprint density at radius 1 is 1.20 bits per heavy atom. The third-order valence-electron chi connectivity index (χ3n) is 1.42. The molecule has 0 aliphatic rings. The van der Waals surface area contributed by atoms with E-state index in [2.05, 4.69) is 5.32 Å². The van der Waals surface area contributed by atoms with E-state index in [1.807, 2.05) is 7.05 Å². The third-order valence-corrected chi connectivity index (χ3v) is 3.26. The van der Waals surface area contributed by atoms with E-state index in [4.69, 9.17) is 11.5 Å². The quantitative estimate of drug-likeness (QED) is 0.658. The smallest absolute Gasteiger partial charge is 0.276 e. The number of amides is 2. The van der Waals surface area contributed by atoms with Crippen LogP contribution >= 0.6 is 23.5 Å². The number of hydrogen-bond acceptors (Lipinski definition) is 5. The summed E-state index contributed by atoms with van der Waals surface area (Å²) in [4.78, 5) is 21.0. The Balaban J connectivity index is 0. The van der Waals surface area contributed by atoms with Crippen LogP contribution in [0.2, 0.25) is 0 Å². The molecule has 15 heavy (non-hydrogen) atoms. The lowest BCUT2D eigenvalue weighted by atomic mass is 10.2. The Hall–Kier alpha value is -0.400. The topological polar surface area (TPSA) is 98.2 Å². The van der Waals surface area contributed by atoms with Crippen LogP contribution in [0.1, 0.15) is 7.43 Å². The molecule has 0 aliphatic carbocycles. The standard InChI is InChI=1S/C7H15N3O2S2.CH4/c1-10-2-5(3-13-6(8)11)4-14-7(9)12;/h5,10H,2-4H2,1H3,(H2,8,11)(H2,9,12);1H4. The summed E-state index contributed by atoms with van der Waals surface area (Å²) in [5.41, 5.74) is 10.00. The summed E-state index contributed by atoms with van der Waals surface area (Å²) in [6.45, 7) is 0.737. The van der Waals surface area contributed by atoms with Crippen LogP contribution in [0.25, 0.3) is 0 Å². The predicted molar refractivity (Wildman–Crippen MR) is 68.2 cm³/mol. The van der Waals surface area contributed by atoms with Crippen LogP contribution in [-0.4, -0.2) is 35.6 Å². The van der Waals surface area contributed by atoms with Gasteiger partial charge >= 0.3 is 0 Å². The number of carbonyl (C=O) groups excluding carboxylic acids is 2. The summed E-state index contributed by atoms with van der Waals surface area (Å²) < 4.78 is 0. The molecule has 0 bridgehead atoms. The molecule has 0 radical (unpaired) electrons. The molecular weight excluding hydrogens is 234 g/mol. The monoisotopic (exact) mass is 253 g/mol. The molecular formula is C8H19N3O2S2. The number of carbonyl (C=O) groups is 2. The maximum absolute atomic E-state index is 10.5. The molecule has 0 saturated heterocycles. The van der Waals surface area contributed by atoms with Crippen molar-refractivity contribution in [3.63, 3.8) is 0 Å². The van der Waals surface area contributed by atoms with Gasteiger partial charge in [-0.3, -0.25) is 9.59 Å². The lowest BCUT2D eigenvalue weighted by molar-refractivity contribution is 0.266. The average Bonchev–Trinajstić information content (AvgIpc) is 2.09. The van der Waals surface area contributed by atoms with E-state index >= 15 is 0 Å². The van der Waals surface area contributed by atoms with Crippen molar-refractivity contribution in [3.8, 4) is 0 Å². The molecule has 0 aromatic rings. The van der Waals surface area contributed by atoms with Crippen LogP contribution in [0.3, 0.4) is 0 Å². The molecule has 2 amide bonds. The summed E-state index contributed by atoms with van der Waals surface area (Å²) in [7, 11) is 1.82. The molecule has 0 spiro atoms. The lowest BCUT2D eigenvalue weighted by Gasteiger charge is -2.13. The molecule has 0 saturated carbocycles. The highest BCUT2D eigenvalue weighted by atomic mass is 32.2. The maximum atomic E-state index is 10.5. The Morgan fingerprint density at radius 3 is 1.87 bits per heavy atom. The van der Waals surface area contributed by atoms with Crippen molar-refractivity contribution in [2.45, 2.75) is 7.43 Å². The van der Waals surface area contributed by atoms with Crippen molar-refractivity contribution < 1.29 is 9.59 Å². The summed E-state index contributed by atoms with van der Waals surface area (Å²) >= 11 is 2.13. The summed E-state index contributed by atoms with van der Waals surface area (Å²) in [5, 5.41) is 2.20. The van der Waals surface area contributed by atoms with Gasteiger partial charge in [-0.15, -0.1) is 0 Å². The fourth-order valence-corrected chi connectivity index (χ4v) is 2.28. The average molecular weight is 253 g/mol. The van der Waals surface area contributed by atoms with E-state index in [0.29, 0.717) is 11.5 Å². The van der Waals surface area contributed by atoms with E-state index in [1.54, 1.807) is 0 Å². The molecule has 0 heterocycles. The van der Waals surface area contributed by atoms with Gasteiger partial charge in [0.2, 0.25) is 0 Å². The van der Waals surface area contributed by atoms with Gasteiger partial charge in [-0.1, -0.05) is 31.0 Å². The highest BCUT2D eigenvalue weighted by Crippen LogP contribution is 2.14.